The number of aryl methyl sites for hydroxylation is 1. The first kappa shape index (κ1) is 20.6. The number of hydrogen-bond acceptors (Lipinski definition) is 4. The van der Waals surface area contributed by atoms with E-state index in [4.69, 9.17) is 4.74 Å². The van der Waals surface area contributed by atoms with Gasteiger partial charge in [-0.3, -0.25) is 14.5 Å². The number of ether oxygens (including phenoxy) is 1. The summed E-state index contributed by atoms with van der Waals surface area (Å²) in [6.07, 6.45) is 0.557. The number of nitrogens with zero attached hydrogens (tertiary/aromatic N) is 2. The molecule has 0 saturated carbocycles. The van der Waals surface area contributed by atoms with E-state index in [1.54, 1.807) is 13.2 Å². The van der Waals surface area contributed by atoms with E-state index in [1.165, 1.54) is 0 Å². The highest BCUT2D eigenvalue weighted by atomic mass is 16.5. The van der Waals surface area contributed by atoms with Gasteiger partial charge in [-0.2, -0.15) is 0 Å². The molecule has 1 N–H and O–H groups in total. The summed E-state index contributed by atoms with van der Waals surface area (Å²) in [5.74, 6) is 0.429. The first-order valence-corrected chi connectivity index (χ1v) is 9.71. The summed E-state index contributed by atoms with van der Waals surface area (Å²) in [6.45, 7) is 7.49. The second-order valence-corrected chi connectivity index (χ2v) is 7.80. The average molecular weight is 397 g/mol. The molecule has 2 heterocycles. The van der Waals surface area contributed by atoms with Crippen LogP contribution in [0.4, 0.5) is 4.79 Å². The third kappa shape index (κ3) is 4.04. The first-order chi connectivity index (χ1) is 13.7. The lowest BCUT2D eigenvalue weighted by atomic mass is 10.0. The molecule has 29 heavy (non-hydrogen) atoms. The summed E-state index contributed by atoms with van der Waals surface area (Å²) in [5.41, 5.74) is 3.08. The lowest BCUT2D eigenvalue weighted by Gasteiger charge is -2.14. The molecule has 7 nitrogen and oxygen atoms in total. The van der Waals surface area contributed by atoms with Crippen LogP contribution in [0.2, 0.25) is 0 Å². The first-order valence-electron chi connectivity index (χ1n) is 9.71. The number of urea groups is 1. The number of hydrogen-bond donors (Lipinski definition) is 1. The molecule has 154 valence electrons. The molecular weight excluding hydrogens is 370 g/mol. The minimum atomic E-state index is -0.554. The highest BCUT2D eigenvalue weighted by Crippen LogP contribution is 2.24. The van der Waals surface area contributed by atoms with Crippen LogP contribution in [0.3, 0.4) is 0 Å². The molecule has 1 saturated heterocycles. The van der Waals surface area contributed by atoms with E-state index in [0.29, 0.717) is 12.0 Å². The standard InChI is InChI=1S/C22H27N3O4/c1-13(2)10-19-21(27)24(22(28)23-19)12-20(26)18-11-14(3)25(15(18)4)16-6-8-17(29-5)9-7-16/h6-9,11,13,19H,10,12H2,1-5H3,(H,23,28)/t19-/m0/s1. The van der Waals surface area contributed by atoms with E-state index >= 15 is 0 Å². The Kier molecular flexibility index (Phi) is 5.77. The molecular formula is C22H27N3O4. The van der Waals surface area contributed by atoms with Crippen LogP contribution in [0.5, 0.6) is 5.75 Å². The van der Waals surface area contributed by atoms with Crippen LogP contribution < -0.4 is 10.1 Å². The third-order valence-corrected chi connectivity index (χ3v) is 5.18. The molecule has 7 heteroatoms. The molecule has 1 atom stereocenters. The summed E-state index contributed by atoms with van der Waals surface area (Å²) in [5, 5.41) is 2.68. The number of benzene rings is 1. The zero-order chi connectivity index (χ0) is 21.3. The van der Waals surface area contributed by atoms with Gasteiger partial charge in [-0.05, 0) is 56.5 Å². The Bertz CT molecular complexity index is 944. The van der Waals surface area contributed by atoms with Crippen LogP contribution in [0.15, 0.2) is 30.3 Å². The predicted octanol–water partition coefficient (Wildman–Crippen LogP) is 3.25. The van der Waals surface area contributed by atoms with Crippen molar-refractivity contribution >= 4 is 17.7 Å². The molecule has 2 aromatic rings. The quantitative estimate of drug-likeness (QED) is 0.574. The zero-order valence-corrected chi connectivity index (χ0v) is 17.5. The summed E-state index contributed by atoms with van der Waals surface area (Å²) >= 11 is 0. The van der Waals surface area contributed by atoms with Crippen molar-refractivity contribution in [1.82, 2.24) is 14.8 Å². The molecule has 3 rings (SSSR count). The summed E-state index contributed by atoms with van der Waals surface area (Å²) in [4.78, 5) is 38.7. The molecule has 3 amide bonds. The number of aromatic nitrogens is 1. The molecule has 0 spiro atoms. The number of methoxy groups -OCH3 is 1. The fraction of sp³-hybridized carbons (Fsp3) is 0.409. The number of rotatable bonds is 7. The second kappa shape index (κ2) is 8.11. The lowest BCUT2D eigenvalue weighted by Crippen LogP contribution is -2.36. The Morgan fingerprint density at radius 3 is 2.41 bits per heavy atom. The Morgan fingerprint density at radius 1 is 1.17 bits per heavy atom. The summed E-state index contributed by atoms with van der Waals surface area (Å²) in [7, 11) is 1.61. The van der Waals surface area contributed by atoms with E-state index in [1.807, 2.05) is 56.5 Å². The predicted molar refractivity (Wildman–Crippen MR) is 110 cm³/mol. The molecule has 1 aromatic heterocycles. The lowest BCUT2D eigenvalue weighted by molar-refractivity contribution is -0.127. The Morgan fingerprint density at radius 2 is 1.83 bits per heavy atom. The van der Waals surface area contributed by atoms with Crippen molar-refractivity contribution in [2.45, 2.75) is 40.2 Å². The van der Waals surface area contributed by atoms with E-state index in [-0.39, 0.29) is 24.2 Å². The van der Waals surface area contributed by atoms with Gasteiger partial charge in [0.25, 0.3) is 5.91 Å². The van der Waals surface area contributed by atoms with Gasteiger partial charge in [-0.1, -0.05) is 13.8 Å². The Labute approximate surface area is 170 Å². The van der Waals surface area contributed by atoms with Gasteiger partial charge in [0.2, 0.25) is 0 Å². The van der Waals surface area contributed by atoms with Crippen molar-refractivity contribution < 1.29 is 19.1 Å². The van der Waals surface area contributed by atoms with Crippen molar-refractivity contribution in [3.8, 4) is 11.4 Å². The van der Waals surface area contributed by atoms with Crippen LogP contribution in [0.1, 0.15) is 42.0 Å². The Hall–Kier alpha value is -3.09. The van der Waals surface area contributed by atoms with Crippen LogP contribution >= 0.6 is 0 Å². The van der Waals surface area contributed by atoms with Gasteiger partial charge in [-0.25, -0.2) is 4.79 Å². The highest BCUT2D eigenvalue weighted by Gasteiger charge is 2.39. The van der Waals surface area contributed by atoms with Gasteiger partial charge in [0, 0.05) is 22.6 Å². The number of ketones is 1. The maximum atomic E-state index is 12.9. The zero-order valence-electron chi connectivity index (χ0n) is 17.5. The number of carbonyl (C=O) groups is 3. The number of amides is 3. The molecule has 1 aliphatic heterocycles. The van der Waals surface area contributed by atoms with Crippen molar-refractivity contribution in [2.24, 2.45) is 5.92 Å². The van der Waals surface area contributed by atoms with Crippen molar-refractivity contribution in [1.29, 1.82) is 0 Å². The Balaban J connectivity index is 1.81. The van der Waals surface area contributed by atoms with E-state index in [2.05, 4.69) is 5.32 Å². The molecule has 0 bridgehead atoms. The van der Waals surface area contributed by atoms with Crippen LogP contribution in [0, 0.1) is 19.8 Å². The molecule has 0 unspecified atom stereocenters. The molecule has 1 aromatic carbocycles. The highest BCUT2D eigenvalue weighted by molar-refractivity contribution is 6.09. The molecule has 0 radical (unpaired) electrons. The molecule has 0 aliphatic carbocycles. The van der Waals surface area contributed by atoms with Gasteiger partial charge in [-0.15, -0.1) is 0 Å². The van der Waals surface area contributed by atoms with Crippen LogP contribution in [-0.2, 0) is 4.79 Å². The van der Waals surface area contributed by atoms with E-state index in [0.717, 1.165) is 27.7 Å². The van der Waals surface area contributed by atoms with Gasteiger partial charge < -0.3 is 14.6 Å². The fourth-order valence-electron chi connectivity index (χ4n) is 3.76. The van der Waals surface area contributed by atoms with Crippen molar-refractivity contribution in [3.05, 3.63) is 47.3 Å². The third-order valence-electron chi connectivity index (χ3n) is 5.18. The average Bonchev–Trinajstić information content (AvgIpc) is 3.11. The van der Waals surface area contributed by atoms with Gasteiger partial charge in [0.1, 0.15) is 11.8 Å². The smallest absolute Gasteiger partial charge is 0.325 e. The normalized spacial score (nSPS) is 16.5. The van der Waals surface area contributed by atoms with Gasteiger partial charge >= 0.3 is 6.03 Å². The monoisotopic (exact) mass is 397 g/mol. The maximum Gasteiger partial charge on any atom is 0.325 e. The largest absolute Gasteiger partial charge is 0.497 e. The van der Waals surface area contributed by atoms with Crippen LogP contribution in [0.25, 0.3) is 5.69 Å². The van der Waals surface area contributed by atoms with Gasteiger partial charge in [0.15, 0.2) is 5.78 Å². The van der Waals surface area contributed by atoms with Crippen molar-refractivity contribution in [2.75, 3.05) is 13.7 Å². The van der Waals surface area contributed by atoms with Crippen molar-refractivity contribution in [3.63, 3.8) is 0 Å². The minimum absolute atomic E-state index is 0.258. The molecule has 1 fully saturated rings. The second-order valence-electron chi connectivity index (χ2n) is 7.80. The van der Waals surface area contributed by atoms with E-state index < -0.39 is 12.1 Å². The molecule has 1 aliphatic rings. The van der Waals surface area contributed by atoms with Gasteiger partial charge in [0.05, 0.1) is 13.7 Å². The number of carbonyl (C=O) groups excluding carboxylic acids is 3. The number of nitrogens with one attached hydrogen (secondary N) is 1. The SMILES string of the molecule is COc1ccc(-n2c(C)cc(C(=O)CN3C(=O)N[C@@H](CC(C)C)C3=O)c2C)cc1. The van der Waals surface area contributed by atoms with E-state index in [9.17, 15) is 14.4 Å². The fourth-order valence-corrected chi connectivity index (χ4v) is 3.76. The van der Waals surface area contributed by atoms with Crippen LogP contribution in [-0.4, -0.2) is 46.9 Å². The topological polar surface area (TPSA) is 80.6 Å². The maximum absolute atomic E-state index is 12.9. The summed E-state index contributed by atoms with van der Waals surface area (Å²) in [6, 6.07) is 8.30. The minimum Gasteiger partial charge on any atom is -0.497 e. The number of Topliss-reactive ketones (excluding diaryl/α,β-unsaturated/α-hetero) is 1. The number of imide groups is 1. The summed E-state index contributed by atoms with van der Waals surface area (Å²) < 4.78 is 7.17.